The first-order valence-corrected chi connectivity index (χ1v) is 6.67. The average Bonchev–Trinajstić information content (AvgIpc) is 2.93. The molecule has 0 saturated heterocycles. The third-order valence-electron chi connectivity index (χ3n) is 3.78. The summed E-state index contributed by atoms with van der Waals surface area (Å²) in [7, 11) is 0. The summed E-state index contributed by atoms with van der Waals surface area (Å²) in [6, 6.07) is 3.12. The van der Waals surface area contributed by atoms with Crippen LogP contribution in [0.3, 0.4) is 0 Å². The fourth-order valence-corrected chi connectivity index (χ4v) is 2.60. The standard InChI is InChI=1S/C14H15F2N3O/c15-9-4-5-11(16)10(8-9)12-18-13(19-20-12)14(17)6-2-1-3-7-14/h4-5,8H,1-3,6-7,17H2. The highest BCUT2D eigenvalue weighted by Gasteiger charge is 2.34. The third kappa shape index (κ3) is 2.31. The Kier molecular flexibility index (Phi) is 3.25. The van der Waals surface area contributed by atoms with Crippen molar-refractivity contribution < 1.29 is 13.3 Å². The molecule has 1 aromatic carbocycles. The van der Waals surface area contributed by atoms with E-state index in [0.717, 1.165) is 50.3 Å². The van der Waals surface area contributed by atoms with Crippen LogP contribution < -0.4 is 5.73 Å². The molecule has 4 nitrogen and oxygen atoms in total. The molecule has 1 aromatic heterocycles. The van der Waals surface area contributed by atoms with Crippen molar-refractivity contribution in [2.75, 3.05) is 0 Å². The summed E-state index contributed by atoms with van der Waals surface area (Å²) in [6.45, 7) is 0. The van der Waals surface area contributed by atoms with Gasteiger partial charge in [0.2, 0.25) is 0 Å². The van der Waals surface area contributed by atoms with E-state index in [1.54, 1.807) is 0 Å². The Hall–Kier alpha value is -1.82. The lowest BCUT2D eigenvalue weighted by molar-refractivity contribution is 0.275. The Bertz CT molecular complexity index is 621. The van der Waals surface area contributed by atoms with Crippen LogP contribution in [0.1, 0.15) is 37.9 Å². The highest BCUT2D eigenvalue weighted by molar-refractivity contribution is 5.53. The van der Waals surface area contributed by atoms with Crippen LogP contribution in [0.15, 0.2) is 22.7 Å². The molecule has 0 radical (unpaired) electrons. The second-order valence-corrected chi connectivity index (χ2v) is 5.26. The maximum atomic E-state index is 13.7. The van der Waals surface area contributed by atoms with Crippen LogP contribution in [-0.2, 0) is 5.54 Å². The van der Waals surface area contributed by atoms with E-state index < -0.39 is 17.2 Å². The molecule has 2 N–H and O–H groups in total. The van der Waals surface area contributed by atoms with E-state index in [1.807, 2.05) is 0 Å². The van der Waals surface area contributed by atoms with Crippen LogP contribution >= 0.6 is 0 Å². The van der Waals surface area contributed by atoms with E-state index in [-0.39, 0.29) is 11.5 Å². The van der Waals surface area contributed by atoms with Gasteiger partial charge in [0, 0.05) is 0 Å². The summed E-state index contributed by atoms with van der Waals surface area (Å²) in [6.07, 6.45) is 4.71. The van der Waals surface area contributed by atoms with Gasteiger partial charge < -0.3 is 10.3 Å². The van der Waals surface area contributed by atoms with E-state index in [0.29, 0.717) is 5.82 Å². The Morgan fingerprint density at radius 2 is 1.90 bits per heavy atom. The summed E-state index contributed by atoms with van der Waals surface area (Å²) in [4.78, 5) is 4.17. The smallest absolute Gasteiger partial charge is 0.261 e. The molecule has 1 aliphatic carbocycles. The lowest BCUT2D eigenvalue weighted by atomic mass is 9.82. The number of rotatable bonds is 2. The molecule has 0 amide bonds. The molecular weight excluding hydrogens is 264 g/mol. The largest absolute Gasteiger partial charge is 0.334 e. The molecule has 0 spiro atoms. The van der Waals surface area contributed by atoms with Crippen molar-refractivity contribution >= 4 is 0 Å². The highest BCUT2D eigenvalue weighted by atomic mass is 19.1. The number of nitrogens with two attached hydrogens (primary N) is 1. The molecule has 106 valence electrons. The Balaban J connectivity index is 1.95. The lowest BCUT2D eigenvalue weighted by Crippen LogP contribution is -2.39. The topological polar surface area (TPSA) is 64.9 Å². The fraction of sp³-hybridized carbons (Fsp3) is 0.429. The number of nitrogens with zero attached hydrogens (tertiary/aromatic N) is 2. The molecule has 1 saturated carbocycles. The number of hydrogen-bond donors (Lipinski definition) is 1. The summed E-state index contributed by atoms with van der Waals surface area (Å²) in [5.74, 6) is -0.819. The molecule has 0 unspecified atom stereocenters. The molecule has 0 atom stereocenters. The molecule has 1 heterocycles. The Morgan fingerprint density at radius 3 is 2.65 bits per heavy atom. The van der Waals surface area contributed by atoms with Gasteiger partial charge in [-0.05, 0) is 31.0 Å². The van der Waals surface area contributed by atoms with Gasteiger partial charge >= 0.3 is 0 Å². The van der Waals surface area contributed by atoms with Crippen molar-refractivity contribution in [1.29, 1.82) is 0 Å². The number of hydrogen-bond acceptors (Lipinski definition) is 4. The number of benzene rings is 1. The first-order valence-electron chi connectivity index (χ1n) is 6.67. The summed E-state index contributed by atoms with van der Waals surface area (Å²) < 4.78 is 31.9. The average molecular weight is 279 g/mol. The third-order valence-corrected chi connectivity index (χ3v) is 3.78. The van der Waals surface area contributed by atoms with Gasteiger partial charge in [0.15, 0.2) is 5.82 Å². The minimum absolute atomic E-state index is 0.0348. The van der Waals surface area contributed by atoms with Crippen molar-refractivity contribution in [2.45, 2.75) is 37.6 Å². The Labute approximate surface area is 115 Å². The van der Waals surface area contributed by atoms with E-state index in [2.05, 4.69) is 10.1 Å². The van der Waals surface area contributed by atoms with Gasteiger partial charge in [0.1, 0.15) is 11.6 Å². The van der Waals surface area contributed by atoms with E-state index in [9.17, 15) is 8.78 Å². The SMILES string of the molecule is NC1(c2noc(-c3cc(F)ccc3F)n2)CCCCC1. The number of halogens is 2. The first kappa shape index (κ1) is 13.2. The molecule has 0 aliphatic heterocycles. The quantitative estimate of drug-likeness (QED) is 0.917. The van der Waals surface area contributed by atoms with Crippen molar-refractivity contribution in [3.63, 3.8) is 0 Å². The molecular formula is C14H15F2N3O. The zero-order valence-corrected chi connectivity index (χ0v) is 10.9. The maximum Gasteiger partial charge on any atom is 0.261 e. The van der Waals surface area contributed by atoms with Crippen LogP contribution in [0.25, 0.3) is 11.5 Å². The van der Waals surface area contributed by atoms with Gasteiger partial charge in [-0.15, -0.1) is 0 Å². The molecule has 3 rings (SSSR count). The lowest BCUT2D eigenvalue weighted by Gasteiger charge is -2.29. The van der Waals surface area contributed by atoms with Gasteiger partial charge in [-0.3, -0.25) is 0 Å². The second-order valence-electron chi connectivity index (χ2n) is 5.26. The van der Waals surface area contributed by atoms with E-state index in [4.69, 9.17) is 10.3 Å². The zero-order chi connectivity index (χ0) is 14.2. The minimum atomic E-state index is -0.621. The van der Waals surface area contributed by atoms with Gasteiger partial charge in [-0.1, -0.05) is 24.4 Å². The Morgan fingerprint density at radius 1 is 1.15 bits per heavy atom. The van der Waals surface area contributed by atoms with E-state index >= 15 is 0 Å². The summed E-state index contributed by atoms with van der Waals surface area (Å²) in [5.41, 5.74) is 5.63. The van der Waals surface area contributed by atoms with Crippen molar-refractivity contribution in [3.8, 4) is 11.5 Å². The van der Waals surface area contributed by atoms with Gasteiger partial charge in [0.05, 0.1) is 11.1 Å². The minimum Gasteiger partial charge on any atom is -0.334 e. The monoisotopic (exact) mass is 279 g/mol. The van der Waals surface area contributed by atoms with Gasteiger partial charge in [0.25, 0.3) is 5.89 Å². The number of aromatic nitrogens is 2. The van der Waals surface area contributed by atoms with Crippen LogP contribution in [0.5, 0.6) is 0 Å². The van der Waals surface area contributed by atoms with Crippen molar-refractivity contribution in [3.05, 3.63) is 35.7 Å². The summed E-state index contributed by atoms with van der Waals surface area (Å²) in [5, 5.41) is 3.86. The second kappa shape index (κ2) is 4.94. The van der Waals surface area contributed by atoms with Gasteiger partial charge in [-0.2, -0.15) is 4.98 Å². The van der Waals surface area contributed by atoms with Crippen LogP contribution in [-0.4, -0.2) is 10.1 Å². The molecule has 6 heteroatoms. The molecule has 1 fully saturated rings. The van der Waals surface area contributed by atoms with Crippen LogP contribution in [0.4, 0.5) is 8.78 Å². The normalized spacial score (nSPS) is 18.1. The van der Waals surface area contributed by atoms with Crippen molar-refractivity contribution in [2.24, 2.45) is 5.73 Å². The van der Waals surface area contributed by atoms with Gasteiger partial charge in [-0.25, -0.2) is 8.78 Å². The van der Waals surface area contributed by atoms with Crippen LogP contribution in [0.2, 0.25) is 0 Å². The predicted molar refractivity (Wildman–Crippen MR) is 68.6 cm³/mol. The zero-order valence-electron chi connectivity index (χ0n) is 10.9. The first-order chi connectivity index (χ1) is 9.58. The predicted octanol–water partition coefficient (Wildman–Crippen LogP) is 3.13. The molecule has 20 heavy (non-hydrogen) atoms. The molecule has 2 aromatic rings. The van der Waals surface area contributed by atoms with E-state index in [1.165, 1.54) is 0 Å². The molecule has 1 aliphatic rings. The maximum absolute atomic E-state index is 13.7. The summed E-state index contributed by atoms with van der Waals surface area (Å²) >= 11 is 0. The highest BCUT2D eigenvalue weighted by Crippen LogP contribution is 2.34. The van der Waals surface area contributed by atoms with Crippen molar-refractivity contribution in [1.82, 2.24) is 10.1 Å². The molecule has 0 bridgehead atoms. The van der Waals surface area contributed by atoms with Crippen LogP contribution in [0, 0.1) is 11.6 Å². The fourth-order valence-electron chi connectivity index (χ4n) is 2.60.